The number of aryl methyl sites for hydroxylation is 1. The van der Waals surface area contributed by atoms with E-state index in [-0.39, 0.29) is 0 Å². The first kappa shape index (κ1) is 18.8. The van der Waals surface area contributed by atoms with E-state index >= 15 is 0 Å². The molecule has 6 nitrogen and oxygen atoms in total. The van der Waals surface area contributed by atoms with Crippen molar-refractivity contribution >= 4 is 21.9 Å². The molecule has 4 heterocycles. The molecule has 0 amide bonds. The van der Waals surface area contributed by atoms with Crippen LogP contribution in [-0.4, -0.2) is 40.3 Å². The molecule has 0 saturated heterocycles. The minimum atomic E-state index is 0.495. The Morgan fingerprint density at radius 1 is 1.07 bits per heavy atom. The molecule has 6 heteroatoms. The average Bonchev–Trinajstić information content (AvgIpc) is 3.10. The highest BCUT2D eigenvalue weighted by Gasteiger charge is 2.13. The molecule has 0 unspecified atom stereocenters. The molecule has 4 aromatic heterocycles. The van der Waals surface area contributed by atoms with Crippen molar-refractivity contribution in [3.05, 3.63) is 48.5 Å². The summed E-state index contributed by atoms with van der Waals surface area (Å²) in [6.07, 6.45) is 7.15. The van der Waals surface area contributed by atoms with Gasteiger partial charge >= 0.3 is 0 Å². The van der Waals surface area contributed by atoms with E-state index < -0.39 is 0 Å². The van der Waals surface area contributed by atoms with E-state index in [1.165, 1.54) is 0 Å². The number of aromatic nitrogens is 4. The maximum absolute atomic E-state index is 5.79. The van der Waals surface area contributed by atoms with E-state index in [4.69, 9.17) is 9.47 Å². The zero-order chi connectivity index (χ0) is 19.2. The molecule has 0 atom stereocenters. The first-order valence-electron chi connectivity index (χ1n) is 9.07. The van der Waals surface area contributed by atoms with Gasteiger partial charge in [0.15, 0.2) is 0 Å². The second-order valence-corrected chi connectivity index (χ2v) is 5.79. The number of ether oxygens (including phenoxy) is 2. The molecule has 0 saturated carbocycles. The third kappa shape index (κ3) is 3.75. The van der Waals surface area contributed by atoms with Gasteiger partial charge in [0.05, 0.1) is 30.2 Å². The Labute approximate surface area is 158 Å². The predicted octanol–water partition coefficient (Wildman–Crippen LogP) is 4.53. The third-order valence-corrected chi connectivity index (χ3v) is 4.22. The summed E-state index contributed by atoms with van der Waals surface area (Å²) in [6, 6.07) is 5.98. The second kappa shape index (κ2) is 8.60. The number of rotatable bonds is 5. The molecule has 4 aromatic rings. The Morgan fingerprint density at radius 2 is 1.93 bits per heavy atom. The molecule has 0 radical (unpaired) electrons. The van der Waals surface area contributed by atoms with Crippen molar-refractivity contribution in [2.75, 3.05) is 20.3 Å². The molecule has 1 N–H and O–H groups in total. The Hall–Kier alpha value is -2.99. The summed E-state index contributed by atoms with van der Waals surface area (Å²) in [5, 5.41) is 2.13. The minimum Gasteiger partial charge on any atom is -0.489 e. The fraction of sp³-hybridized carbons (Fsp3) is 0.286. The van der Waals surface area contributed by atoms with Gasteiger partial charge in [0, 0.05) is 41.4 Å². The Balaban J connectivity index is 0.00000102. The summed E-state index contributed by atoms with van der Waals surface area (Å²) >= 11 is 0. The van der Waals surface area contributed by atoms with Gasteiger partial charge < -0.3 is 14.5 Å². The SMILES string of the molecule is CC.COCCOc1cnc2[nH]c3cnc(-c4cccnc4)cc3c2c1C. The van der Waals surface area contributed by atoms with Gasteiger partial charge in [-0.05, 0) is 25.1 Å². The van der Waals surface area contributed by atoms with Crippen molar-refractivity contribution in [1.29, 1.82) is 0 Å². The fourth-order valence-electron chi connectivity index (χ4n) is 2.95. The number of H-pyrrole nitrogens is 1. The van der Waals surface area contributed by atoms with Crippen LogP contribution >= 0.6 is 0 Å². The molecular weight excluding hydrogens is 340 g/mol. The first-order chi connectivity index (χ1) is 13.3. The number of aromatic amines is 1. The Kier molecular flexibility index (Phi) is 5.98. The first-order valence-corrected chi connectivity index (χ1v) is 9.07. The molecule has 0 aliphatic carbocycles. The van der Waals surface area contributed by atoms with Crippen LogP contribution in [-0.2, 0) is 4.74 Å². The molecule has 0 fully saturated rings. The van der Waals surface area contributed by atoms with Crippen molar-refractivity contribution in [2.45, 2.75) is 20.8 Å². The van der Waals surface area contributed by atoms with Gasteiger partial charge in [0.25, 0.3) is 0 Å². The minimum absolute atomic E-state index is 0.495. The van der Waals surface area contributed by atoms with Gasteiger partial charge in [-0.3, -0.25) is 9.97 Å². The molecule has 0 bridgehead atoms. The fourth-order valence-corrected chi connectivity index (χ4v) is 2.95. The molecule has 0 aliphatic heterocycles. The number of pyridine rings is 3. The lowest BCUT2D eigenvalue weighted by Gasteiger charge is -2.09. The number of hydrogen-bond donors (Lipinski definition) is 1. The summed E-state index contributed by atoms with van der Waals surface area (Å²) in [5.74, 6) is 0.769. The van der Waals surface area contributed by atoms with E-state index in [1.54, 1.807) is 19.5 Å². The quantitative estimate of drug-likeness (QED) is 0.527. The number of nitrogens with one attached hydrogen (secondary N) is 1. The van der Waals surface area contributed by atoms with E-state index in [9.17, 15) is 0 Å². The molecule has 4 rings (SSSR count). The standard InChI is InChI=1S/C19H18N4O2.C2H6/c1-12-17(25-7-6-24-2)11-22-19-18(12)14-8-15(21-10-16(14)23-19)13-4-3-5-20-9-13;1-2/h3-5,8-11H,6-7H2,1-2H3,(H,22,23);1-2H3. The van der Waals surface area contributed by atoms with Crippen molar-refractivity contribution < 1.29 is 9.47 Å². The van der Waals surface area contributed by atoms with Crippen LogP contribution in [0.3, 0.4) is 0 Å². The van der Waals surface area contributed by atoms with E-state index in [0.717, 1.165) is 44.5 Å². The highest BCUT2D eigenvalue weighted by molar-refractivity contribution is 6.08. The number of nitrogens with zero attached hydrogens (tertiary/aromatic N) is 3. The molecule has 0 aromatic carbocycles. The molecular formula is C21H24N4O2. The highest BCUT2D eigenvalue weighted by Crippen LogP contribution is 2.33. The summed E-state index contributed by atoms with van der Waals surface area (Å²) < 4.78 is 10.8. The van der Waals surface area contributed by atoms with E-state index in [0.29, 0.717) is 13.2 Å². The predicted molar refractivity (Wildman–Crippen MR) is 108 cm³/mol. The van der Waals surface area contributed by atoms with Crippen LogP contribution in [0.4, 0.5) is 0 Å². The Morgan fingerprint density at radius 3 is 2.67 bits per heavy atom. The lowest BCUT2D eigenvalue weighted by atomic mass is 10.1. The van der Waals surface area contributed by atoms with Gasteiger partial charge in [-0.2, -0.15) is 0 Å². The summed E-state index contributed by atoms with van der Waals surface area (Å²) in [5.41, 5.74) is 4.70. The van der Waals surface area contributed by atoms with Crippen LogP contribution in [0, 0.1) is 6.92 Å². The summed E-state index contributed by atoms with van der Waals surface area (Å²) in [4.78, 5) is 16.5. The van der Waals surface area contributed by atoms with Gasteiger partial charge in [0.2, 0.25) is 0 Å². The Bertz CT molecular complexity index is 1030. The van der Waals surface area contributed by atoms with Gasteiger partial charge in [-0.1, -0.05) is 13.8 Å². The van der Waals surface area contributed by atoms with Crippen LogP contribution in [0.2, 0.25) is 0 Å². The van der Waals surface area contributed by atoms with Crippen molar-refractivity contribution in [3.63, 3.8) is 0 Å². The smallest absolute Gasteiger partial charge is 0.141 e. The molecule has 27 heavy (non-hydrogen) atoms. The topological polar surface area (TPSA) is 72.9 Å². The maximum Gasteiger partial charge on any atom is 0.141 e. The van der Waals surface area contributed by atoms with E-state index in [2.05, 4.69) is 26.0 Å². The van der Waals surface area contributed by atoms with Gasteiger partial charge in [0.1, 0.15) is 18.0 Å². The maximum atomic E-state index is 5.79. The van der Waals surface area contributed by atoms with Crippen LogP contribution in [0.5, 0.6) is 5.75 Å². The number of methoxy groups -OCH3 is 1. The highest BCUT2D eigenvalue weighted by atomic mass is 16.5. The molecule has 140 valence electrons. The number of hydrogen-bond acceptors (Lipinski definition) is 5. The van der Waals surface area contributed by atoms with Gasteiger partial charge in [-0.15, -0.1) is 0 Å². The van der Waals surface area contributed by atoms with Crippen molar-refractivity contribution in [3.8, 4) is 17.0 Å². The van der Waals surface area contributed by atoms with Crippen LogP contribution < -0.4 is 4.74 Å². The lowest BCUT2D eigenvalue weighted by molar-refractivity contribution is 0.146. The monoisotopic (exact) mass is 364 g/mol. The zero-order valence-electron chi connectivity index (χ0n) is 16.1. The summed E-state index contributed by atoms with van der Waals surface area (Å²) in [7, 11) is 1.66. The lowest BCUT2D eigenvalue weighted by Crippen LogP contribution is -2.05. The molecule has 0 aliphatic rings. The van der Waals surface area contributed by atoms with Crippen LogP contribution in [0.25, 0.3) is 33.2 Å². The average molecular weight is 364 g/mol. The summed E-state index contributed by atoms with van der Waals surface area (Å²) in [6.45, 7) is 7.08. The second-order valence-electron chi connectivity index (χ2n) is 5.79. The van der Waals surface area contributed by atoms with Gasteiger partial charge in [-0.25, -0.2) is 4.98 Å². The van der Waals surface area contributed by atoms with Crippen molar-refractivity contribution in [1.82, 2.24) is 19.9 Å². The van der Waals surface area contributed by atoms with Crippen LogP contribution in [0.15, 0.2) is 43.0 Å². The normalized spacial score (nSPS) is 10.7. The van der Waals surface area contributed by atoms with E-state index in [1.807, 2.05) is 45.3 Å². The van der Waals surface area contributed by atoms with Crippen LogP contribution in [0.1, 0.15) is 19.4 Å². The zero-order valence-corrected chi connectivity index (χ0v) is 16.1. The molecule has 0 spiro atoms. The largest absolute Gasteiger partial charge is 0.489 e. The van der Waals surface area contributed by atoms with Crippen molar-refractivity contribution in [2.24, 2.45) is 0 Å². The third-order valence-electron chi connectivity index (χ3n) is 4.22. The number of fused-ring (bicyclic) bond motifs is 3.